The van der Waals surface area contributed by atoms with E-state index >= 15 is 0 Å². The van der Waals surface area contributed by atoms with Crippen LogP contribution in [-0.2, 0) is 16.6 Å². The molecule has 3 aromatic rings. The number of anilines is 1. The van der Waals surface area contributed by atoms with Gasteiger partial charge in [0.1, 0.15) is 0 Å². The molecule has 1 aromatic heterocycles. The standard InChI is InChI=1S/C18H16BrCl2N3O2S/c1-11-3-4-12(2)17(7-11)27(25,26)23-18-14(19)10-24(22-18)9-13-5-6-15(20)16(21)8-13/h3-8,10H,9H2,1-2H3,(H,22,23). The zero-order valence-corrected chi connectivity index (χ0v) is 18.4. The first kappa shape index (κ1) is 20.2. The average molecular weight is 489 g/mol. The van der Waals surface area contributed by atoms with Crippen LogP contribution in [-0.4, -0.2) is 18.2 Å². The summed E-state index contributed by atoms with van der Waals surface area (Å²) in [5.74, 6) is 0.218. The highest BCUT2D eigenvalue weighted by Crippen LogP contribution is 2.27. The predicted molar refractivity (Wildman–Crippen MR) is 112 cm³/mol. The van der Waals surface area contributed by atoms with Crippen LogP contribution in [0.2, 0.25) is 10.0 Å². The van der Waals surface area contributed by atoms with Crippen LogP contribution < -0.4 is 4.72 Å². The third-order valence-electron chi connectivity index (χ3n) is 3.91. The Kier molecular flexibility index (Phi) is 5.86. The normalized spacial score (nSPS) is 11.6. The van der Waals surface area contributed by atoms with Gasteiger partial charge in [0.25, 0.3) is 10.0 Å². The van der Waals surface area contributed by atoms with E-state index < -0.39 is 10.0 Å². The van der Waals surface area contributed by atoms with E-state index in [1.54, 1.807) is 42.1 Å². The van der Waals surface area contributed by atoms with Gasteiger partial charge in [0.15, 0.2) is 5.82 Å². The molecule has 1 N–H and O–H groups in total. The summed E-state index contributed by atoms with van der Waals surface area (Å²) in [6.45, 7) is 4.02. The van der Waals surface area contributed by atoms with Crippen molar-refractivity contribution in [3.8, 4) is 0 Å². The van der Waals surface area contributed by atoms with Gasteiger partial charge in [-0.1, -0.05) is 41.4 Å². The highest BCUT2D eigenvalue weighted by molar-refractivity contribution is 9.10. The van der Waals surface area contributed by atoms with E-state index in [1.807, 2.05) is 19.1 Å². The molecule has 0 unspecified atom stereocenters. The van der Waals surface area contributed by atoms with Gasteiger partial charge in [0.05, 0.1) is 26.0 Å². The summed E-state index contributed by atoms with van der Waals surface area (Å²) in [6.07, 6.45) is 1.70. The fraction of sp³-hybridized carbons (Fsp3) is 0.167. The second-order valence-electron chi connectivity index (χ2n) is 6.15. The van der Waals surface area contributed by atoms with Crippen LogP contribution in [0, 0.1) is 13.8 Å². The summed E-state index contributed by atoms with van der Waals surface area (Å²) in [7, 11) is -3.76. The molecule has 0 fully saturated rings. The van der Waals surface area contributed by atoms with E-state index in [4.69, 9.17) is 23.2 Å². The van der Waals surface area contributed by atoms with E-state index in [1.165, 1.54) is 0 Å². The second-order valence-corrected chi connectivity index (χ2v) is 9.47. The molecule has 27 heavy (non-hydrogen) atoms. The van der Waals surface area contributed by atoms with Crippen molar-refractivity contribution in [1.29, 1.82) is 0 Å². The Bertz CT molecular complexity index is 1110. The van der Waals surface area contributed by atoms with Crippen molar-refractivity contribution < 1.29 is 8.42 Å². The molecule has 1 heterocycles. The van der Waals surface area contributed by atoms with Crippen LogP contribution in [0.1, 0.15) is 16.7 Å². The van der Waals surface area contributed by atoms with Gasteiger partial charge < -0.3 is 0 Å². The first-order valence-electron chi connectivity index (χ1n) is 7.92. The molecule has 0 aliphatic rings. The van der Waals surface area contributed by atoms with Crippen molar-refractivity contribution in [2.75, 3.05) is 4.72 Å². The Hall–Kier alpha value is -1.54. The van der Waals surface area contributed by atoms with Crippen molar-refractivity contribution in [2.24, 2.45) is 0 Å². The van der Waals surface area contributed by atoms with Crippen LogP contribution >= 0.6 is 39.1 Å². The summed E-state index contributed by atoms with van der Waals surface area (Å²) in [5, 5.41) is 5.25. The number of aromatic nitrogens is 2. The molecule has 3 rings (SSSR count). The molecular formula is C18H16BrCl2N3O2S. The molecule has 0 aliphatic carbocycles. The summed E-state index contributed by atoms with van der Waals surface area (Å²) in [5.41, 5.74) is 2.42. The van der Waals surface area contributed by atoms with E-state index in [0.29, 0.717) is 26.6 Å². The molecule has 0 saturated carbocycles. The number of hydrogen-bond acceptors (Lipinski definition) is 3. The maximum Gasteiger partial charge on any atom is 0.263 e. The van der Waals surface area contributed by atoms with Crippen molar-refractivity contribution in [1.82, 2.24) is 9.78 Å². The second kappa shape index (κ2) is 7.83. The molecular weight excluding hydrogens is 473 g/mol. The fourth-order valence-electron chi connectivity index (χ4n) is 2.55. The lowest BCUT2D eigenvalue weighted by atomic mass is 10.2. The smallest absolute Gasteiger partial charge is 0.263 e. The van der Waals surface area contributed by atoms with E-state index in [-0.39, 0.29) is 10.7 Å². The van der Waals surface area contributed by atoms with Gasteiger partial charge in [-0.25, -0.2) is 8.42 Å². The van der Waals surface area contributed by atoms with Crippen LogP contribution in [0.15, 0.2) is 52.0 Å². The summed E-state index contributed by atoms with van der Waals surface area (Å²) in [4.78, 5) is 0.230. The van der Waals surface area contributed by atoms with Crippen molar-refractivity contribution in [3.05, 3.63) is 73.8 Å². The zero-order valence-electron chi connectivity index (χ0n) is 14.5. The minimum atomic E-state index is -3.76. The number of hydrogen-bond donors (Lipinski definition) is 1. The Morgan fingerprint density at radius 1 is 1.11 bits per heavy atom. The number of rotatable bonds is 5. The Balaban J connectivity index is 1.86. The highest BCUT2D eigenvalue weighted by atomic mass is 79.9. The Labute approximate surface area is 176 Å². The molecule has 0 amide bonds. The largest absolute Gasteiger partial charge is 0.265 e. The van der Waals surface area contributed by atoms with Crippen LogP contribution in [0.5, 0.6) is 0 Å². The Morgan fingerprint density at radius 3 is 2.56 bits per heavy atom. The van der Waals surface area contributed by atoms with E-state index in [0.717, 1.165) is 11.1 Å². The number of benzene rings is 2. The summed E-state index contributed by atoms with van der Waals surface area (Å²) < 4.78 is 30.2. The van der Waals surface area contributed by atoms with Crippen molar-refractivity contribution >= 4 is 55.0 Å². The van der Waals surface area contributed by atoms with Crippen LogP contribution in [0.3, 0.4) is 0 Å². The molecule has 0 atom stereocenters. The SMILES string of the molecule is Cc1ccc(C)c(S(=O)(=O)Nc2nn(Cc3ccc(Cl)c(Cl)c3)cc2Br)c1. The topological polar surface area (TPSA) is 64.0 Å². The van der Waals surface area contributed by atoms with Gasteiger partial charge in [-0.15, -0.1) is 0 Å². The molecule has 2 aromatic carbocycles. The van der Waals surface area contributed by atoms with Crippen LogP contribution in [0.25, 0.3) is 0 Å². The molecule has 9 heteroatoms. The summed E-state index contributed by atoms with van der Waals surface area (Å²) >= 11 is 15.3. The van der Waals surface area contributed by atoms with Gasteiger partial charge in [-0.3, -0.25) is 9.40 Å². The monoisotopic (exact) mass is 487 g/mol. The molecule has 0 saturated heterocycles. The number of nitrogens with one attached hydrogen (secondary N) is 1. The first-order valence-corrected chi connectivity index (χ1v) is 11.0. The molecule has 0 spiro atoms. The third-order valence-corrected chi connectivity index (χ3v) is 6.71. The summed E-state index contributed by atoms with van der Waals surface area (Å²) in [6, 6.07) is 10.6. The van der Waals surface area contributed by atoms with Crippen molar-refractivity contribution in [2.45, 2.75) is 25.3 Å². The average Bonchev–Trinajstić information content (AvgIpc) is 2.91. The lowest BCUT2D eigenvalue weighted by Crippen LogP contribution is -2.15. The minimum absolute atomic E-state index is 0.218. The van der Waals surface area contributed by atoms with E-state index in [9.17, 15) is 8.42 Å². The molecule has 0 aliphatic heterocycles. The maximum absolute atomic E-state index is 12.8. The maximum atomic E-state index is 12.8. The lowest BCUT2D eigenvalue weighted by Gasteiger charge is -2.10. The first-order chi connectivity index (χ1) is 12.7. The quantitative estimate of drug-likeness (QED) is 0.521. The number of halogens is 3. The predicted octanol–water partition coefficient (Wildman–Crippen LogP) is 5.42. The van der Waals surface area contributed by atoms with Gasteiger partial charge in [0.2, 0.25) is 0 Å². The number of sulfonamides is 1. The van der Waals surface area contributed by atoms with Crippen LogP contribution in [0.4, 0.5) is 5.82 Å². The Morgan fingerprint density at radius 2 is 1.85 bits per heavy atom. The molecule has 142 valence electrons. The van der Waals surface area contributed by atoms with Gasteiger partial charge in [-0.05, 0) is 64.7 Å². The van der Waals surface area contributed by atoms with Crippen molar-refractivity contribution in [3.63, 3.8) is 0 Å². The zero-order chi connectivity index (χ0) is 19.8. The minimum Gasteiger partial charge on any atom is -0.265 e. The molecule has 5 nitrogen and oxygen atoms in total. The van der Waals surface area contributed by atoms with Gasteiger partial charge >= 0.3 is 0 Å². The fourth-order valence-corrected chi connectivity index (χ4v) is 4.77. The number of nitrogens with zero attached hydrogens (tertiary/aromatic N) is 2. The lowest BCUT2D eigenvalue weighted by molar-refractivity contribution is 0.600. The molecule has 0 radical (unpaired) electrons. The highest BCUT2D eigenvalue weighted by Gasteiger charge is 2.20. The number of aryl methyl sites for hydroxylation is 2. The van der Waals surface area contributed by atoms with Gasteiger partial charge in [-0.2, -0.15) is 5.10 Å². The van der Waals surface area contributed by atoms with Gasteiger partial charge in [0, 0.05) is 6.20 Å². The van der Waals surface area contributed by atoms with E-state index in [2.05, 4.69) is 25.8 Å². The third kappa shape index (κ3) is 4.66. The molecule has 0 bridgehead atoms.